The van der Waals surface area contributed by atoms with Crippen LogP contribution in [0.4, 0.5) is 13.2 Å². The third kappa shape index (κ3) is 6.17. The van der Waals surface area contributed by atoms with E-state index in [1.807, 2.05) is 6.92 Å². The monoisotopic (exact) mass is 254 g/mol. The van der Waals surface area contributed by atoms with Gasteiger partial charge in [0.05, 0.1) is 6.33 Å². The van der Waals surface area contributed by atoms with Crippen LogP contribution in [0.15, 0.2) is 12.5 Å². The number of rotatable bonds is 2. The summed E-state index contributed by atoms with van der Waals surface area (Å²) in [6, 6.07) is 0. The molecule has 0 saturated heterocycles. The number of hydrogen-bond acceptors (Lipinski definition) is 3. The second-order valence-corrected chi connectivity index (χ2v) is 2.86. The molecule has 1 heterocycles. The molecular weight excluding hydrogens is 245 g/mol. The Morgan fingerprint density at radius 2 is 1.88 bits per heavy atom. The fourth-order valence-corrected chi connectivity index (χ4v) is 0.698. The Hall–Kier alpha value is -2.06. The highest BCUT2D eigenvalue weighted by Crippen LogP contribution is 2.13. The summed E-state index contributed by atoms with van der Waals surface area (Å²) in [6.07, 6.45) is -1.95. The highest BCUT2D eigenvalue weighted by Gasteiger charge is 2.38. The normalized spacial score (nSPS) is 10.4. The molecular formula is C8H9F3N2O4. The largest absolute Gasteiger partial charge is 0.490 e. The Morgan fingerprint density at radius 1 is 1.41 bits per heavy atom. The van der Waals surface area contributed by atoms with E-state index in [9.17, 15) is 18.0 Å². The van der Waals surface area contributed by atoms with Crippen LogP contribution in [0.3, 0.4) is 0 Å². The second-order valence-electron chi connectivity index (χ2n) is 2.86. The van der Waals surface area contributed by atoms with Gasteiger partial charge in [-0.15, -0.1) is 0 Å². The molecule has 0 spiro atoms. The minimum absolute atomic E-state index is 0.00810. The highest BCUT2D eigenvalue weighted by molar-refractivity contribution is 5.73. The fourth-order valence-electron chi connectivity index (χ4n) is 0.698. The van der Waals surface area contributed by atoms with E-state index in [0.29, 0.717) is 0 Å². The van der Waals surface area contributed by atoms with Gasteiger partial charge >= 0.3 is 18.1 Å². The van der Waals surface area contributed by atoms with Crippen molar-refractivity contribution in [2.24, 2.45) is 0 Å². The Kier molecular flexibility index (Phi) is 5.16. The van der Waals surface area contributed by atoms with Crippen molar-refractivity contribution < 1.29 is 33.0 Å². The molecule has 96 valence electrons. The molecule has 1 aromatic heterocycles. The molecule has 0 aliphatic heterocycles. The van der Waals surface area contributed by atoms with Gasteiger partial charge in [-0.1, -0.05) is 0 Å². The van der Waals surface area contributed by atoms with Gasteiger partial charge in [-0.05, 0) is 6.92 Å². The summed E-state index contributed by atoms with van der Waals surface area (Å²) in [7, 11) is 0. The predicted molar refractivity (Wildman–Crippen MR) is 48.3 cm³/mol. The molecule has 0 amide bonds. The number of aromatic nitrogens is 2. The van der Waals surface area contributed by atoms with Crippen LogP contribution in [-0.4, -0.2) is 37.9 Å². The average molecular weight is 254 g/mol. The zero-order valence-corrected chi connectivity index (χ0v) is 8.60. The Bertz CT molecular complexity index is 400. The fraction of sp³-hybridized carbons (Fsp3) is 0.375. The van der Waals surface area contributed by atoms with Crippen LogP contribution < -0.4 is 0 Å². The molecule has 17 heavy (non-hydrogen) atoms. The molecule has 0 aliphatic carbocycles. The van der Waals surface area contributed by atoms with Crippen LogP contribution >= 0.6 is 0 Å². The van der Waals surface area contributed by atoms with Gasteiger partial charge < -0.3 is 14.8 Å². The molecule has 6 nitrogen and oxygen atoms in total. The summed E-state index contributed by atoms with van der Waals surface area (Å²) in [5.41, 5.74) is 0.863. The predicted octanol–water partition coefficient (Wildman–Crippen LogP) is 0.909. The lowest BCUT2D eigenvalue weighted by Gasteiger charge is -1.97. The minimum Gasteiger partial charge on any atom is -0.480 e. The zero-order valence-electron chi connectivity index (χ0n) is 8.60. The molecule has 0 aliphatic rings. The summed E-state index contributed by atoms with van der Waals surface area (Å²) in [5.74, 6) is -3.60. The molecule has 0 bridgehead atoms. The van der Waals surface area contributed by atoms with Gasteiger partial charge in [0, 0.05) is 11.9 Å². The highest BCUT2D eigenvalue weighted by atomic mass is 19.4. The van der Waals surface area contributed by atoms with Crippen molar-refractivity contribution in [2.75, 3.05) is 0 Å². The Labute approximate surface area is 93.3 Å². The second kappa shape index (κ2) is 5.87. The maximum atomic E-state index is 10.6. The van der Waals surface area contributed by atoms with Crippen molar-refractivity contribution in [1.82, 2.24) is 9.55 Å². The Balaban J connectivity index is 0.000000325. The molecule has 9 heteroatoms. The number of aryl methyl sites for hydroxylation is 1. The van der Waals surface area contributed by atoms with Crippen LogP contribution in [0.5, 0.6) is 0 Å². The summed E-state index contributed by atoms with van der Waals surface area (Å²) >= 11 is 0. The van der Waals surface area contributed by atoms with Gasteiger partial charge in [0.15, 0.2) is 0 Å². The summed E-state index contributed by atoms with van der Waals surface area (Å²) in [6.45, 7) is 1.81. The van der Waals surface area contributed by atoms with Gasteiger partial charge in [0.25, 0.3) is 0 Å². The topological polar surface area (TPSA) is 92.4 Å². The number of imidazole rings is 1. The van der Waals surface area contributed by atoms with Crippen molar-refractivity contribution in [3.8, 4) is 0 Å². The number of halogens is 3. The van der Waals surface area contributed by atoms with E-state index in [4.69, 9.17) is 15.0 Å². The van der Waals surface area contributed by atoms with E-state index in [1.165, 1.54) is 6.33 Å². The maximum absolute atomic E-state index is 10.6. The number of aliphatic carboxylic acids is 2. The van der Waals surface area contributed by atoms with E-state index in [-0.39, 0.29) is 6.54 Å². The van der Waals surface area contributed by atoms with Gasteiger partial charge in [-0.3, -0.25) is 4.79 Å². The third-order valence-electron chi connectivity index (χ3n) is 1.47. The number of carbonyl (C=O) groups is 2. The first-order valence-electron chi connectivity index (χ1n) is 4.13. The van der Waals surface area contributed by atoms with Gasteiger partial charge in [0.2, 0.25) is 0 Å². The van der Waals surface area contributed by atoms with Crippen LogP contribution in [0.1, 0.15) is 5.69 Å². The summed E-state index contributed by atoms with van der Waals surface area (Å²) < 4.78 is 33.3. The van der Waals surface area contributed by atoms with E-state index < -0.39 is 18.1 Å². The lowest BCUT2D eigenvalue weighted by Crippen LogP contribution is -2.21. The quantitative estimate of drug-likeness (QED) is 0.818. The Morgan fingerprint density at radius 3 is 2.12 bits per heavy atom. The third-order valence-corrected chi connectivity index (χ3v) is 1.47. The molecule has 0 atom stereocenters. The lowest BCUT2D eigenvalue weighted by atomic mass is 10.5. The van der Waals surface area contributed by atoms with E-state index in [2.05, 4.69) is 4.98 Å². The standard InChI is InChI=1S/C6H8N2O2.C2HF3O2/c1-5-2-7-4-8(5)3-6(9)10;3-2(4,5)1(6)7/h2,4H,3H2,1H3,(H,9,10);(H,6,7). The zero-order chi connectivity index (χ0) is 13.6. The molecule has 0 saturated carbocycles. The minimum atomic E-state index is -5.08. The van der Waals surface area contributed by atoms with Crippen molar-refractivity contribution in [3.05, 3.63) is 18.2 Å². The summed E-state index contributed by atoms with van der Waals surface area (Å²) in [5, 5.41) is 15.5. The lowest BCUT2D eigenvalue weighted by molar-refractivity contribution is -0.192. The van der Waals surface area contributed by atoms with E-state index in [0.717, 1.165) is 5.69 Å². The molecule has 1 rings (SSSR count). The maximum Gasteiger partial charge on any atom is 0.490 e. The average Bonchev–Trinajstić information content (AvgIpc) is 2.50. The molecule has 1 aromatic rings. The number of carboxylic acids is 2. The first-order chi connectivity index (χ1) is 7.64. The van der Waals surface area contributed by atoms with E-state index in [1.54, 1.807) is 10.8 Å². The summed E-state index contributed by atoms with van der Waals surface area (Å²) in [4.78, 5) is 22.8. The molecule has 0 fully saturated rings. The first kappa shape index (κ1) is 14.9. The number of nitrogens with zero attached hydrogens (tertiary/aromatic N) is 2. The smallest absolute Gasteiger partial charge is 0.480 e. The first-order valence-corrected chi connectivity index (χ1v) is 4.13. The molecule has 0 radical (unpaired) electrons. The van der Waals surface area contributed by atoms with Crippen LogP contribution in [0, 0.1) is 6.92 Å². The van der Waals surface area contributed by atoms with Gasteiger partial charge in [-0.2, -0.15) is 13.2 Å². The van der Waals surface area contributed by atoms with Crippen LogP contribution in [0.2, 0.25) is 0 Å². The van der Waals surface area contributed by atoms with Crippen molar-refractivity contribution in [2.45, 2.75) is 19.6 Å². The molecule has 0 aromatic carbocycles. The van der Waals surface area contributed by atoms with Crippen LogP contribution in [0.25, 0.3) is 0 Å². The number of carboxylic acid groups (broad SMARTS) is 2. The van der Waals surface area contributed by atoms with Crippen molar-refractivity contribution >= 4 is 11.9 Å². The van der Waals surface area contributed by atoms with Crippen molar-refractivity contribution in [1.29, 1.82) is 0 Å². The number of hydrogen-bond donors (Lipinski definition) is 2. The SMILES string of the molecule is Cc1cncn1CC(=O)O.O=C(O)C(F)(F)F. The molecule has 2 N–H and O–H groups in total. The van der Waals surface area contributed by atoms with Crippen LogP contribution in [-0.2, 0) is 16.1 Å². The van der Waals surface area contributed by atoms with Crippen molar-refractivity contribution in [3.63, 3.8) is 0 Å². The van der Waals surface area contributed by atoms with Gasteiger partial charge in [0.1, 0.15) is 6.54 Å². The number of alkyl halides is 3. The van der Waals surface area contributed by atoms with Gasteiger partial charge in [-0.25, -0.2) is 9.78 Å². The van der Waals surface area contributed by atoms with E-state index >= 15 is 0 Å². The molecule has 0 unspecified atom stereocenters.